The van der Waals surface area contributed by atoms with Gasteiger partial charge in [0, 0.05) is 28.6 Å². The zero-order chi connectivity index (χ0) is 12.8. The fourth-order valence-corrected chi connectivity index (χ4v) is 2.58. The first kappa shape index (κ1) is 14.3. The van der Waals surface area contributed by atoms with Gasteiger partial charge in [-0.3, -0.25) is 0 Å². The van der Waals surface area contributed by atoms with Gasteiger partial charge in [-0.05, 0) is 31.5 Å². The van der Waals surface area contributed by atoms with Gasteiger partial charge in [0.25, 0.3) is 0 Å². The van der Waals surface area contributed by atoms with E-state index in [2.05, 4.69) is 52.9 Å². The molecule has 0 bridgehead atoms. The molecule has 17 heavy (non-hydrogen) atoms. The number of nitriles is 1. The Hall–Kier alpha value is -0.720. The van der Waals surface area contributed by atoms with Gasteiger partial charge in [0.05, 0.1) is 12.5 Å². The maximum absolute atomic E-state index is 8.68. The van der Waals surface area contributed by atoms with Crippen LogP contribution in [0.5, 0.6) is 0 Å². The molecule has 2 nitrogen and oxygen atoms in total. The van der Waals surface area contributed by atoms with Crippen molar-refractivity contribution in [3.8, 4) is 6.07 Å². The van der Waals surface area contributed by atoms with Crippen LogP contribution in [0.3, 0.4) is 0 Å². The molecule has 0 saturated carbocycles. The lowest BCUT2D eigenvalue weighted by atomic mass is 10.2. The lowest BCUT2D eigenvalue weighted by Crippen LogP contribution is -2.31. The first-order valence-electron chi connectivity index (χ1n) is 5.58. The number of rotatable bonds is 5. The van der Waals surface area contributed by atoms with Crippen molar-refractivity contribution in [1.82, 2.24) is 0 Å². The van der Waals surface area contributed by atoms with Crippen molar-refractivity contribution >= 4 is 33.2 Å². The SMILES string of the molecule is CC(C)N(CCC#N)c1ccc(CCl)c(Br)c1. The number of nitrogens with zero attached hydrogens (tertiary/aromatic N) is 2. The standard InChI is InChI=1S/C13H16BrClN2/c1-10(2)17(7-3-6-16)12-5-4-11(9-15)13(14)8-12/h4-5,8,10H,3,7,9H2,1-2H3. The molecule has 0 heterocycles. The van der Waals surface area contributed by atoms with Crippen LogP contribution in [0.2, 0.25) is 0 Å². The minimum absolute atomic E-state index is 0.372. The molecule has 0 saturated heterocycles. The molecular formula is C13H16BrClN2. The van der Waals surface area contributed by atoms with Crippen LogP contribution in [0.25, 0.3) is 0 Å². The summed E-state index contributed by atoms with van der Waals surface area (Å²) in [6.45, 7) is 5.00. The third-order valence-electron chi connectivity index (χ3n) is 2.60. The van der Waals surface area contributed by atoms with E-state index in [4.69, 9.17) is 16.9 Å². The predicted octanol–water partition coefficient (Wildman–Crippen LogP) is 4.32. The van der Waals surface area contributed by atoms with Crippen LogP contribution >= 0.6 is 27.5 Å². The summed E-state index contributed by atoms with van der Waals surface area (Å²) in [7, 11) is 0. The monoisotopic (exact) mass is 314 g/mol. The minimum Gasteiger partial charge on any atom is -0.368 e. The van der Waals surface area contributed by atoms with E-state index in [1.165, 1.54) is 0 Å². The Morgan fingerprint density at radius 1 is 1.47 bits per heavy atom. The summed E-state index contributed by atoms with van der Waals surface area (Å²) in [5.74, 6) is 0.501. The summed E-state index contributed by atoms with van der Waals surface area (Å²) in [6, 6.07) is 8.70. The van der Waals surface area contributed by atoms with Crippen molar-refractivity contribution in [2.75, 3.05) is 11.4 Å². The summed E-state index contributed by atoms with van der Waals surface area (Å²) >= 11 is 9.34. The molecule has 1 aromatic rings. The van der Waals surface area contributed by atoms with Gasteiger partial charge < -0.3 is 4.90 Å². The second-order valence-electron chi connectivity index (χ2n) is 4.10. The van der Waals surface area contributed by atoms with Gasteiger partial charge in [-0.1, -0.05) is 22.0 Å². The number of benzene rings is 1. The lowest BCUT2D eigenvalue weighted by Gasteiger charge is -2.28. The van der Waals surface area contributed by atoms with Crippen LogP contribution in [0, 0.1) is 11.3 Å². The summed E-state index contributed by atoms with van der Waals surface area (Å²) in [5.41, 5.74) is 2.20. The largest absolute Gasteiger partial charge is 0.368 e. The molecule has 0 fully saturated rings. The van der Waals surface area contributed by atoms with Crippen molar-refractivity contribution in [2.24, 2.45) is 0 Å². The Labute approximate surface area is 116 Å². The molecule has 1 rings (SSSR count). The van der Waals surface area contributed by atoms with Gasteiger partial charge in [0.15, 0.2) is 0 Å². The van der Waals surface area contributed by atoms with E-state index in [9.17, 15) is 0 Å². The second kappa shape index (κ2) is 6.88. The highest BCUT2D eigenvalue weighted by atomic mass is 79.9. The molecule has 0 radical (unpaired) electrons. The van der Waals surface area contributed by atoms with Crippen LogP contribution in [-0.2, 0) is 5.88 Å². The van der Waals surface area contributed by atoms with Crippen molar-refractivity contribution in [1.29, 1.82) is 5.26 Å². The Morgan fingerprint density at radius 2 is 2.18 bits per heavy atom. The fraction of sp³-hybridized carbons (Fsp3) is 0.462. The summed E-state index contributed by atoms with van der Waals surface area (Å²) in [6.07, 6.45) is 0.535. The average Bonchev–Trinajstić information content (AvgIpc) is 2.29. The quantitative estimate of drug-likeness (QED) is 0.757. The van der Waals surface area contributed by atoms with E-state index >= 15 is 0 Å². The third-order valence-corrected chi connectivity index (χ3v) is 3.63. The van der Waals surface area contributed by atoms with Crippen molar-refractivity contribution in [2.45, 2.75) is 32.2 Å². The molecule has 1 aromatic carbocycles. The van der Waals surface area contributed by atoms with E-state index in [1.807, 2.05) is 6.07 Å². The van der Waals surface area contributed by atoms with E-state index in [0.717, 1.165) is 22.3 Å². The van der Waals surface area contributed by atoms with Gasteiger partial charge in [-0.25, -0.2) is 0 Å². The van der Waals surface area contributed by atoms with Crippen molar-refractivity contribution < 1.29 is 0 Å². The second-order valence-corrected chi connectivity index (χ2v) is 5.23. The van der Waals surface area contributed by atoms with E-state index < -0.39 is 0 Å². The van der Waals surface area contributed by atoms with Gasteiger partial charge >= 0.3 is 0 Å². The molecule has 0 aliphatic heterocycles. The van der Waals surface area contributed by atoms with Gasteiger partial charge in [-0.15, -0.1) is 11.6 Å². The molecular weight excluding hydrogens is 300 g/mol. The molecule has 0 amide bonds. The average molecular weight is 316 g/mol. The van der Waals surface area contributed by atoms with Crippen LogP contribution in [0.1, 0.15) is 25.8 Å². The zero-order valence-electron chi connectivity index (χ0n) is 10.1. The Morgan fingerprint density at radius 3 is 2.65 bits per heavy atom. The van der Waals surface area contributed by atoms with Crippen LogP contribution in [-0.4, -0.2) is 12.6 Å². The zero-order valence-corrected chi connectivity index (χ0v) is 12.4. The molecule has 92 valence electrons. The van der Waals surface area contributed by atoms with Gasteiger partial charge in [0.2, 0.25) is 0 Å². The Bertz CT molecular complexity index is 412. The third kappa shape index (κ3) is 3.90. The van der Waals surface area contributed by atoms with Crippen molar-refractivity contribution in [3.05, 3.63) is 28.2 Å². The number of halogens is 2. The highest BCUT2D eigenvalue weighted by Gasteiger charge is 2.11. The number of alkyl halides is 1. The van der Waals surface area contributed by atoms with Crippen LogP contribution in [0.15, 0.2) is 22.7 Å². The van der Waals surface area contributed by atoms with Crippen molar-refractivity contribution in [3.63, 3.8) is 0 Å². The Kier molecular flexibility index (Phi) is 5.80. The van der Waals surface area contributed by atoms with E-state index in [-0.39, 0.29) is 0 Å². The first-order valence-corrected chi connectivity index (χ1v) is 6.91. The molecule has 4 heteroatoms. The van der Waals surface area contributed by atoms with Gasteiger partial charge in [-0.2, -0.15) is 5.26 Å². The Balaban J connectivity index is 2.95. The molecule has 0 aliphatic rings. The normalized spacial score (nSPS) is 10.4. The smallest absolute Gasteiger partial charge is 0.0640 e. The molecule has 0 unspecified atom stereocenters. The molecule has 0 spiro atoms. The maximum atomic E-state index is 8.68. The highest BCUT2D eigenvalue weighted by Crippen LogP contribution is 2.26. The molecule has 0 aromatic heterocycles. The van der Waals surface area contributed by atoms with E-state index in [1.54, 1.807) is 0 Å². The number of hydrogen-bond acceptors (Lipinski definition) is 2. The first-order chi connectivity index (χ1) is 8.10. The topological polar surface area (TPSA) is 27.0 Å². The number of anilines is 1. The molecule has 0 atom stereocenters. The summed E-state index contributed by atoms with van der Waals surface area (Å²) in [4.78, 5) is 2.21. The van der Waals surface area contributed by atoms with Crippen LogP contribution < -0.4 is 4.90 Å². The maximum Gasteiger partial charge on any atom is 0.0640 e. The van der Waals surface area contributed by atoms with Crippen LogP contribution in [0.4, 0.5) is 5.69 Å². The lowest BCUT2D eigenvalue weighted by molar-refractivity contribution is 0.686. The predicted molar refractivity (Wildman–Crippen MR) is 76.4 cm³/mol. The fourth-order valence-electron chi connectivity index (χ4n) is 1.68. The minimum atomic E-state index is 0.372. The molecule has 0 N–H and O–H groups in total. The van der Waals surface area contributed by atoms with E-state index in [0.29, 0.717) is 18.3 Å². The highest BCUT2D eigenvalue weighted by molar-refractivity contribution is 9.10. The van der Waals surface area contributed by atoms with Gasteiger partial charge in [0.1, 0.15) is 0 Å². The summed E-state index contributed by atoms with van der Waals surface area (Å²) in [5, 5.41) is 8.68. The summed E-state index contributed by atoms with van der Waals surface area (Å²) < 4.78 is 1.02. The molecule has 0 aliphatic carbocycles. The number of hydrogen-bond donors (Lipinski definition) is 0.